The van der Waals surface area contributed by atoms with Gasteiger partial charge in [-0.15, -0.1) is 11.8 Å². The molecule has 0 radical (unpaired) electrons. The van der Waals surface area contributed by atoms with Gasteiger partial charge in [-0.3, -0.25) is 14.5 Å². The van der Waals surface area contributed by atoms with Crippen LogP contribution in [0.5, 0.6) is 0 Å². The SMILES string of the molecule is COC(=O)[C@@H]1CCN2C(=O)N([C@@H](C)c3ccc(SC(C)C)cc3)C(=O)[C@H]2C1. The predicted molar refractivity (Wildman–Crippen MR) is 103 cm³/mol. The van der Waals surface area contributed by atoms with Crippen molar-refractivity contribution in [1.82, 2.24) is 9.80 Å². The zero-order valence-corrected chi connectivity index (χ0v) is 17.0. The largest absolute Gasteiger partial charge is 0.469 e. The molecule has 27 heavy (non-hydrogen) atoms. The van der Waals surface area contributed by atoms with E-state index >= 15 is 0 Å². The molecule has 2 aliphatic rings. The van der Waals surface area contributed by atoms with Crippen LogP contribution in [0.3, 0.4) is 0 Å². The van der Waals surface area contributed by atoms with Crippen molar-refractivity contribution in [3.63, 3.8) is 0 Å². The second kappa shape index (κ2) is 7.92. The molecule has 2 heterocycles. The number of rotatable bonds is 5. The van der Waals surface area contributed by atoms with Gasteiger partial charge in [-0.25, -0.2) is 4.79 Å². The molecule has 3 atom stereocenters. The molecule has 2 fully saturated rings. The fourth-order valence-corrected chi connectivity index (χ4v) is 4.64. The molecule has 7 heteroatoms. The maximum atomic E-state index is 12.9. The van der Waals surface area contributed by atoms with Crippen molar-refractivity contribution < 1.29 is 19.1 Å². The number of nitrogens with zero attached hydrogens (tertiary/aromatic N) is 2. The molecule has 3 rings (SSSR count). The van der Waals surface area contributed by atoms with Crippen molar-refractivity contribution in [3.8, 4) is 0 Å². The highest BCUT2D eigenvalue weighted by Gasteiger charge is 2.50. The van der Waals surface area contributed by atoms with E-state index in [0.29, 0.717) is 24.6 Å². The number of fused-ring (bicyclic) bond motifs is 1. The van der Waals surface area contributed by atoms with E-state index in [1.54, 1.807) is 16.7 Å². The summed E-state index contributed by atoms with van der Waals surface area (Å²) in [6.45, 7) is 6.56. The predicted octanol–water partition coefficient (Wildman–Crippen LogP) is 3.46. The van der Waals surface area contributed by atoms with E-state index in [4.69, 9.17) is 4.74 Å². The Morgan fingerprint density at radius 3 is 2.44 bits per heavy atom. The number of imide groups is 1. The van der Waals surface area contributed by atoms with E-state index in [0.717, 1.165) is 5.56 Å². The molecule has 1 aromatic rings. The maximum Gasteiger partial charge on any atom is 0.328 e. The first-order valence-corrected chi connectivity index (χ1v) is 10.2. The standard InChI is InChI=1S/C20H26N2O4S/c1-12(2)27-16-7-5-14(6-8-16)13(3)22-18(23)17-11-15(19(24)26-4)9-10-21(17)20(22)25/h5-8,12-13,15,17H,9-11H2,1-4H3/t13-,15+,17+/m0/s1. The van der Waals surface area contributed by atoms with Gasteiger partial charge in [-0.05, 0) is 37.5 Å². The molecule has 0 spiro atoms. The van der Waals surface area contributed by atoms with Gasteiger partial charge >= 0.3 is 12.0 Å². The third-order valence-electron chi connectivity index (χ3n) is 5.23. The number of thioether (sulfide) groups is 1. The molecular weight excluding hydrogens is 364 g/mol. The van der Waals surface area contributed by atoms with Gasteiger partial charge in [0.2, 0.25) is 0 Å². The number of esters is 1. The molecule has 0 N–H and O–H groups in total. The minimum Gasteiger partial charge on any atom is -0.469 e. The number of amides is 3. The number of carbonyl (C=O) groups is 3. The molecular formula is C20H26N2O4S. The molecule has 146 valence electrons. The fraction of sp³-hybridized carbons (Fsp3) is 0.550. The van der Waals surface area contributed by atoms with Crippen LogP contribution in [0.15, 0.2) is 29.2 Å². The second-order valence-corrected chi connectivity index (χ2v) is 9.01. The Bertz CT molecular complexity index is 734. The Kier molecular flexibility index (Phi) is 5.79. The Balaban J connectivity index is 1.76. The van der Waals surface area contributed by atoms with Crippen LogP contribution >= 0.6 is 11.8 Å². The first kappa shape index (κ1) is 19.7. The summed E-state index contributed by atoms with van der Waals surface area (Å²) >= 11 is 1.77. The van der Waals surface area contributed by atoms with Gasteiger partial charge in [0.1, 0.15) is 6.04 Å². The summed E-state index contributed by atoms with van der Waals surface area (Å²) < 4.78 is 4.81. The summed E-state index contributed by atoms with van der Waals surface area (Å²) in [5, 5.41) is 0.494. The highest BCUT2D eigenvalue weighted by molar-refractivity contribution is 7.99. The Morgan fingerprint density at radius 1 is 1.19 bits per heavy atom. The van der Waals surface area contributed by atoms with Crippen LogP contribution in [-0.2, 0) is 14.3 Å². The summed E-state index contributed by atoms with van der Waals surface area (Å²) in [5.74, 6) is -0.850. The lowest BCUT2D eigenvalue weighted by atomic mass is 9.91. The summed E-state index contributed by atoms with van der Waals surface area (Å²) in [5.41, 5.74) is 0.925. The number of hydrogen-bond acceptors (Lipinski definition) is 5. The van der Waals surface area contributed by atoms with E-state index in [2.05, 4.69) is 13.8 Å². The van der Waals surface area contributed by atoms with Gasteiger partial charge in [-0.1, -0.05) is 26.0 Å². The van der Waals surface area contributed by atoms with Crippen LogP contribution in [0.1, 0.15) is 45.2 Å². The van der Waals surface area contributed by atoms with Gasteiger partial charge in [0.15, 0.2) is 0 Å². The quantitative estimate of drug-likeness (QED) is 0.438. The Hall–Kier alpha value is -2.02. The monoisotopic (exact) mass is 390 g/mol. The number of methoxy groups -OCH3 is 1. The highest BCUT2D eigenvalue weighted by atomic mass is 32.2. The van der Waals surface area contributed by atoms with Crippen molar-refractivity contribution in [1.29, 1.82) is 0 Å². The van der Waals surface area contributed by atoms with E-state index in [-0.39, 0.29) is 29.9 Å². The van der Waals surface area contributed by atoms with Crippen molar-refractivity contribution in [2.75, 3.05) is 13.7 Å². The molecule has 1 aromatic carbocycles. The van der Waals surface area contributed by atoms with Crippen molar-refractivity contribution >= 4 is 29.7 Å². The van der Waals surface area contributed by atoms with Gasteiger partial charge in [0.05, 0.1) is 19.1 Å². The molecule has 0 bridgehead atoms. The smallest absolute Gasteiger partial charge is 0.328 e. The van der Waals surface area contributed by atoms with Crippen LogP contribution in [0, 0.1) is 5.92 Å². The average Bonchev–Trinajstić information content (AvgIpc) is 2.91. The first-order valence-electron chi connectivity index (χ1n) is 9.31. The van der Waals surface area contributed by atoms with E-state index in [1.807, 2.05) is 31.2 Å². The number of carbonyl (C=O) groups excluding carboxylic acids is 3. The van der Waals surface area contributed by atoms with Crippen LogP contribution in [-0.4, -0.2) is 52.7 Å². The zero-order chi connectivity index (χ0) is 19.7. The van der Waals surface area contributed by atoms with Crippen LogP contribution in [0.4, 0.5) is 4.79 Å². The fourth-order valence-electron chi connectivity index (χ4n) is 3.81. The lowest BCUT2D eigenvalue weighted by Gasteiger charge is -2.30. The summed E-state index contributed by atoms with van der Waals surface area (Å²) in [6.07, 6.45) is 0.871. The maximum absolute atomic E-state index is 12.9. The number of urea groups is 1. The van der Waals surface area contributed by atoms with Crippen LogP contribution in [0.25, 0.3) is 0 Å². The molecule has 0 aliphatic carbocycles. The normalized spacial score (nSPS) is 23.6. The lowest BCUT2D eigenvalue weighted by Crippen LogP contribution is -2.44. The second-order valence-electron chi connectivity index (χ2n) is 7.36. The van der Waals surface area contributed by atoms with Crippen LogP contribution < -0.4 is 0 Å². The van der Waals surface area contributed by atoms with Crippen molar-refractivity contribution in [3.05, 3.63) is 29.8 Å². The van der Waals surface area contributed by atoms with E-state index in [9.17, 15) is 14.4 Å². The number of piperidine rings is 1. The molecule has 2 saturated heterocycles. The molecule has 3 amide bonds. The minimum atomic E-state index is -0.562. The van der Waals surface area contributed by atoms with Crippen LogP contribution in [0.2, 0.25) is 0 Å². The lowest BCUT2D eigenvalue weighted by molar-refractivity contribution is -0.147. The van der Waals surface area contributed by atoms with Gasteiger partial charge in [0, 0.05) is 16.7 Å². The zero-order valence-electron chi connectivity index (χ0n) is 16.2. The number of ether oxygens (including phenoxy) is 1. The Labute approximate surface area is 164 Å². The van der Waals surface area contributed by atoms with Crippen molar-refractivity contribution in [2.24, 2.45) is 5.92 Å². The minimum absolute atomic E-state index is 0.221. The highest BCUT2D eigenvalue weighted by Crippen LogP contribution is 2.35. The van der Waals surface area contributed by atoms with Crippen molar-refractivity contribution in [2.45, 2.75) is 55.8 Å². The molecule has 6 nitrogen and oxygen atoms in total. The molecule has 0 unspecified atom stereocenters. The molecule has 2 aliphatic heterocycles. The summed E-state index contributed by atoms with van der Waals surface area (Å²) in [7, 11) is 1.35. The topological polar surface area (TPSA) is 66.9 Å². The molecule has 0 saturated carbocycles. The van der Waals surface area contributed by atoms with E-state index in [1.165, 1.54) is 16.9 Å². The number of hydrogen-bond donors (Lipinski definition) is 0. The molecule has 0 aromatic heterocycles. The third-order valence-corrected chi connectivity index (χ3v) is 6.25. The van der Waals surface area contributed by atoms with E-state index < -0.39 is 6.04 Å². The van der Waals surface area contributed by atoms with Gasteiger partial charge in [0.25, 0.3) is 5.91 Å². The van der Waals surface area contributed by atoms with Gasteiger partial charge in [-0.2, -0.15) is 0 Å². The third kappa shape index (κ3) is 3.83. The van der Waals surface area contributed by atoms with Gasteiger partial charge < -0.3 is 9.64 Å². The summed E-state index contributed by atoms with van der Waals surface area (Å²) in [4.78, 5) is 41.7. The Morgan fingerprint density at radius 2 is 1.85 bits per heavy atom. The summed E-state index contributed by atoms with van der Waals surface area (Å²) in [6, 6.07) is 6.85. The average molecular weight is 391 g/mol. The first-order chi connectivity index (χ1) is 12.8. The number of benzene rings is 1.